The summed E-state index contributed by atoms with van der Waals surface area (Å²) in [5.74, 6) is 1.52. The van der Waals surface area contributed by atoms with E-state index in [1.807, 2.05) is 17.0 Å². The Hall–Kier alpha value is -2.44. The molecule has 1 aromatic heterocycles. The first-order valence-corrected chi connectivity index (χ1v) is 9.14. The number of tetrazole rings is 1. The highest BCUT2D eigenvalue weighted by atomic mass is 16.5. The van der Waals surface area contributed by atoms with Gasteiger partial charge in [0.15, 0.2) is 11.9 Å². The van der Waals surface area contributed by atoms with Crippen LogP contribution in [0.5, 0.6) is 5.75 Å². The van der Waals surface area contributed by atoms with Gasteiger partial charge in [0.05, 0.1) is 0 Å². The van der Waals surface area contributed by atoms with Crippen molar-refractivity contribution in [2.75, 3.05) is 13.1 Å². The molecule has 3 rings (SSSR count). The monoisotopic (exact) mass is 357 g/mol. The zero-order valence-electron chi connectivity index (χ0n) is 15.9. The Kier molecular flexibility index (Phi) is 5.25. The quantitative estimate of drug-likeness (QED) is 0.909. The number of ether oxygens (including phenoxy) is 1. The van der Waals surface area contributed by atoms with Crippen molar-refractivity contribution in [3.63, 3.8) is 0 Å². The average Bonchev–Trinajstić information content (AvgIpc) is 3.15. The minimum atomic E-state index is -0.528. The number of carbonyl (C=O) groups is 1. The molecule has 1 aliphatic rings. The van der Waals surface area contributed by atoms with E-state index in [0.717, 1.165) is 19.4 Å². The molecule has 1 aromatic carbocycles. The number of benzene rings is 1. The summed E-state index contributed by atoms with van der Waals surface area (Å²) in [6.07, 6.45) is 1.37. The second-order valence-corrected chi connectivity index (χ2v) is 7.93. The van der Waals surface area contributed by atoms with E-state index in [-0.39, 0.29) is 17.2 Å². The molecule has 7 heteroatoms. The summed E-state index contributed by atoms with van der Waals surface area (Å²) in [5, 5.41) is 14.2. The smallest absolute Gasteiger partial charge is 0.263 e. The number of nitrogens with zero attached hydrogens (tertiary/aromatic N) is 4. The fraction of sp³-hybridized carbons (Fsp3) is 0.579. The van der Waals surface area contributed by atoms with Crippen LogP contribution in [0.15, 0.2) is 24.3 Å². The third kappa shape index (κ3) is 4.20. The van der Waals surface area contributed by atoms with E-state index < -0.39 is 6.10 Å². The van der Waals surface area contributed by atoms with E-state index in [1.54, 1.807) is 6.92 Å². The van der Waals surface area contributed by atoms with E-state index in [1.165, 1.54) is 5.56 Å². The molecule has 2 heterocycles. The molecule has 0 bridgehead atoms. The van der Waals surface area contributed by atoms with E-state index in [2.05, 4.69) is 53.5 Å². The maximum Gasteiger partial charge on any atom is 0.263 e. The van der Waals surface area contributed by atoms with Crippen LogP contribution in [-0.2, 0) is 10.2 Å². The molecule has 0 unspecified atom stereocenters. The predicted octanol–water partition coefficient (Wildman–Crippen LogP) is 2.67. The summed E-state index contributed by atoms with van der Waals surface area (Å²) >= 11 is 0. The SMILES string of the molecule is C[C@H](Oc1ccc(C(C)(C)C)cc1)C(=O)N1CCC[C@H](c2nn[nH]n2)C1. The third-order valence-corrected chi connectivity index (χ3v) is 4.84. The van der Waals surface area contributed by atoms with E-state index in [9.17, 15) is 4.79 Å². The molecule has 1 N–H and O–H groups in total. The first kappa shape index (κ1) is 18.4. The Morgan fingerprint density at radius 2 is 2.04 bits per heavy atom. The zero-order valence-corrected chi connectivity index (χ0v) is 15.9. The van der Waals surface area contributed by atoms with Crippen LogP contribution in [0.2, 0.25) is 0 Å². The molecule has 1 aliphatic heterocycles. The van der Waals surface area contributed by atoms with Crippen LogP contribution in [0, 0.1) is 0 Å². The Bertz CT molecular complexity index is 721. The van der Waals surface area contributed by atoms with Gasteiger partial charge in [-0.05, 0) is 42.9 Å². The van der Waals surface area contributed by atoms with Gasteiger partial charge in [-0.2, -0.15) is 5.21 Å². The first-order valence-electron chi connectivity index (χ1n) is 9.14. The number of rotatable bonds is 4. The summed E-state index contributed by atoms with van der Waals surface area (Å²) in [4.78, 5) is 14.6. The highest BCUT2D eigenvalue weighted by Crippen LogP contribution is 2.26. The van der Waals surface area contributed by atoms with Gasteiger partial charge in [-0.3, -0.25) is 4.79 Å². The van der Waals surface area contributed by atoms with Crippen LogP contribution in [0.1, 0.15) is 57.8 Å². The highest BCUT2D eigenvalue weighted by molar-refractivity contribution is 5.81. The van der Waals surface area contributed by atoms with Gasteiger partial charge in [-0.1, -0.05) is 38.1 Å². The normalized spacial score (nSPS) is 19.2. The van der Waals surface area contributed by atoms with Crippen LogP contribution in [-0.4, -0.2) is 50.6 Å². The van der Waals surface area contributed by atoms with Gasteiger partial charge in [0.25, 0.3) is 5.91 Å². The topological polar surface area (TPSA) is 84.0 Å². The predicted molar refractivity (Wildman–Crippen MR) is 98.0 cm³/mol. The largest absolute Gasteiger partial charge is 0.481 e. The molecule has 2 aromatic rings. The molecule has 7 nitrogen and oxygen atoms in total. The van der Waals surface area contributed by atoms with Crippen molar-refractivity contribution in [1.82, 2.24) is 25.5 Å². The van der Waals surface area contributed by atoms with E-state index in [0.29, 0.717) is 18.1 Å². The molecule has 140 valence electrons. The number of aromatic nitrogens is 4. The Morgan fingerprint density at radius 1 is 1.31 bits per heavy atom. The van der Waals surface area contributed by atoms with Crippen molar-refractivity contribution in [2.45, 2.75) is 58.0 Å². The van der Waals surface area contributed by atoms with Crippen molar-refractivity contribution in [1.29, 1.82) is 0 Å². The summed E-state index contributed by atoms with van der Waals surface area (Å²) in [6, 6.07) is 7.98. The van der Waals surface area contributed by atoms with Gasteiger partial charge < -0.3 is 9.64 Å². The molecule has 1 fully saturated rings. The number of carbonyl (C=O) groups excluding carboxylic acids is 1. The fourth-order valence-corrected chi connectivity index (χ4v) is 3.28. The van der Waals surface area contributed by atoms with Crippen molar-refractivity contribution in [3.05, 3.63) is 35.7 Å². The summed E-state index contributed by atoms with van der Waals surface area (Å²) in [6.45, 7) is 9.67. The van der Waals surface area contributed by atoms with Crippen molar-refractivity contribution in [3.8, 4) is 5.75 Å². The van der Waals surface area contributed by atoms with Crippen LogP contribution < -0.4 is 4.74 Å². The Labute approximate surface area is 154 Å². The molecule has 0 aliphatic carbocycles. The van der Waals surface area contributed by atoms with Crippen LogP contribution in [0.25, 0.3) is 0 Å². The van der Waals surface area contributed by atoms with Gasteiger partial charge >= 0.3 is 0 Å². The minimum absolute atomic E-state index is 0.00177. The number of piperidine rings is 1. The lowest BCUT2D eigenvalue weighted by Gasteiger charge is -2.33. The number of likely N-dealkylation sites (tertiary alicyclic amines) is 1. The van der Waals surface area contributed by atoms with E-state index in [4.69, 9.17) is 4.74 Å². The molecule has 2 atom stereocenters. The van der Waals surface area contributed by atoms with Gasteiger partial charge in [0, 0.05) is 19.0 Å². The van der Waals surface area contributed by atoms with Gasteiger partial charge in [-0.15, -0.1) is 10.2 Å². The molecule has 0 saturated carbocycles. The third-order valence-electron chi connectivity index (χ3n) is 4.84. The minimum Gasteiger partial charge on any atom is -0.481 e. The number of H-pyrrole nitrogens is 1. The summed E-state index contributed by atoms with van der Waals surface area (Å²) in [7, 11) is 0. The van der Waals surface area contributed by atoms with Gasteiger partial charge in [0.1, 0.15) is 5.75 Å². The zero-order chi connectivity index (χ0) is 18.7. The molecule has 26 heavy (non-hydrogen) atoms. The lowest BCUT2D eigenvalue weighted by atomic mass is 9.87. The van der Waals surface area contributed by atoms with Crippen LogP contribution in [0.3, 0.4) is 0 Å². The maximum absolute atomic E-state index is 12.8. The molecular weight excluding hydrogens is 330 g/mol. The van der Waals surface area contributed by atoms with Crippen molar-refractivity contribution < 1.29 is 9.53 Å². The second kappa shape index (κ2) is 7.43. The van der Waals surface area contributed by atoms with Crippen molar-refractivity contribution in [2.24, 2.45) is 0 Å². The Balaban J connectivity index is 1.60. The number of aromatic amines is 1. The maximum atomic E-state index is 12.8. The molecule has 0 spiro atoms. The van der Waals surface area contributed by atoms with Crippen LogP contribution in [0.4, 0.5) is 0 Å². The molecule has 0 radical (unpaired) electrons. The van der Waals surface area contributed by atoms with E-state index >= 15 is 0 Å². The lowest BCUT2D eigenvalue weighted by Crippen LogP contribution is -2.45. The number of hydrogen-bond donors (Lipinski definition) is 1. The molecule has 1 amide bonds. The lowest BCUT2D eigenvalue weighted by molar-refractivity contribution is -0.139. The molecule has 1 saturated heterocycles. The highest BCUT2D eigenvalue weighted by Gasteiger charge is 2.30. The number of nitrogens with one attached hydrogen (secondary N) is 1. The average molecular weight is 357 g/mol. The van der Waals surface area contributed by atoms with Crippen molar-refractivity contribution >= 4 is 5.91 Å². The van der Waals surface area contributed by atoms with Gasteiger partial charge in [-0.25, -0.2) is 0 Å². The number of amides is 1. The second-order valence-electron chi connectivity index (χ2n) is 7.93. The molecular formula is C19H27N5O2. The summed E-state index contributed by atoms with van der Waals surface area (Å²) in [5.41, 5.74) is 1.33. The Morgan fingerprint density at radius 3 is 2.65 bits per heavy atom. The fourth-order valence-electron chi connectivity index (χ4n) is 3.28. The van der Waals surface area contributed by atoms with Crippen LogP contribution >= 0.6 is 0 Å². The standard InChI is InChI=1S/C19H27N5O2/c1-13(26-16-9-7-15(8-10-16)19(2,3)4)18(25)24-11-5-6-14(12-24)17-20-22-23-21-17/h7-10,13-14H,5-6,11-12H2,1-4H3,(H,20,21,22,23)/t13-,14-/m0/s1. The van der Waals surface area contributed by atoms with Gasteiger partial charge in [0.2, 0.25) is 0 Å². The summed E-state index contributed by atoms with van der Waals surface area (Å²) < 4.78 is 5.88. The first-order chi connectivity index (χ1) is 12.3. The number of hydrogen-bond acceptors (Lipinski definition) is 5.